The molecule has 0 saturated carbocycles. The van der Waals surface area contributed by atoms with Gasteiger partial charge in [0.15, 0.2) is 11.9 Å². The van der Waals surface area contributed by atoms with Crippen LogP contribution in [0.3, 0.4) is 0 Å². The summed E-state index contributed by atoms with van der Waals surface area (Å²) in [7, 11) is 0. The Labute approximate surface area is 363 Å². The Hall–Kier alpha value is -6.35. The molecule has 3 heterocycles. The van der Waals surface area contributed by atoms with Crippen LogP contribution in [0.15, 0.2) is 103 Å². The first kappa shape index (κ1) is 41.4. The second kappa shape index (κ2) is 18.1. The Morgan fingerprint density at radius 2 is 1.52 bits per heavy atom. The first-order chi connectivity index (χ1) is 29.5. The highest BCUT2D eigenvalue weighted by Gasteiger charge is 2.40. The number of carbonyl (C=O) groups is 4. The van der Waals surface area contributed by atoms with Gasteiger partial charge in [-0.3, -0.25) is 9.59 Å². The number of nitrogens with zero attached hydrogens (tertiary/aromatic N) is 3. The predicted octanol–water partition coefficient (Wildman–Crippen LogP) is 8.50. The lowest BCUT2D eigenvalue weighted by molar-refractivity contribution is -0.142. The number of carboxylic acid groups (broad SMARTS) is 1. The second-order valence-electron chi connectivity index (χ2n) is 15.6. The fourth-order valence-electron chi connectivity index (χ4n) is 8.15. The van der Waals surface area contributed by atoms with Crippen molar-refractivity contribution in [1.29, 1.82) is 5.26 Å². The number of ketones is 1. The minimum atomic E-state index is -1.25. The van der Waals surface area contributed by atoms with E-state index in [9.17, 15) is 24.3 Å². The van der Waals surface area contributed by atoms with Crippen molar-refractivity contribution in [1.82, 2.24) is 15.1 Å². The van der Waals surface area contributed by atoms with Gasteiger partial charge in [0.05, 0.1) is 21.7 Å². The third kappa shape index (κ3) is 9.36. The van der Waals surface area contributed by atoms with E-state index < -0.39 is 30.1 Å². The molecule has 3 aliphatic rings. The summed E-state index contributed by atoms with van der Waals surface area (Å²) in [6.45, 7) is 1.54. The zero-order valence-corrected chi connectivity index (χ0v) is 34.6. The molecule has 0 bridgehead atoms. The topological polar surface area (TPSA) is 149 Å². The summed E-state index contributed by atoms with van der Waals surface area (Å²) in [6.07, 6.45) is 2.17. The first-order valence-corrected chi connectivity index (χ1v) is 21.0. The molecule has 310 valence electrons. The second-order valence-corrected chi connectivity index (χ2v) is 16.5. The van der Waals surface area contributed by atoms with E-state index in [-0.39, 0.29) is 44.2 Å². The number of carboxylic acids is 1. The van der Waals surface area contributed by atoms with E-state index in [2.05, 4.69) is 11.4 Å². The molecule has 0 aromatic heterocycles. The van der Waals surface area contributed by atoms with Crippen LogP contribution in [0, 0.1) is 11.3 Å². The maximum atomic E-state index is 14.2. The van der Waals surface area contributed by atoms with E-state index in [0.29, 0.717) is 56.9 Å². The van der Waals surface area contributed by atoms with Crippen molar-refractivity contribution < 1.29 is 33.8 Å². The molecule has 0 spiro atoms. The molecule has 5 aromatic rings. The number of urea groups is 1. The van der Waals surface area contributed by atoms with Crippen molar-refractivity contribution in [3.8, 4) is 28.7 Å². The number of nitriles is 1. The highest BCUT2D eigenvalue weighted by Crippen LogP contribution is 2.38. The molecule has 1 unspecified atom stereocenters. The largest absolute Gasteiger partial charge is 0.489 e. The Morgan fingerprint density at radius 1 is 0.836 bits per heavy atom. The smallest absolute Gasteiger partial charge is 0.326 e. The summed E-state index contributed by atoms with van der Waals surface area (Å²) < 4.78 is 12.3. The van der Waals surface area contributed by atoms with Crippen molar-refractivity contribution in [3.63, 3.8) is 0 Å². The zero-order chi connectivity index (χ0) is 42.6. The molecule has 1 fully saturated rings. The van der Waals surface area contributed by atoms with Crippen LogP contribution in [0.4, 0.5) is 4.79 Å². The number of carbonyl (C=O) groups excluding carboxylic acids is 3. The molecule has 61 heavy (non-hydrogen) atoms. The van der Waals surface area contributed by atoms with Crippen molar-refractivity contribution in [2.75, 3.05) is 13.1 Å². The maximum absolute atomic E-state index is 14.2. The highest BCUT2D eigenvalue weighted by molar-refractivity contribution is 6.42. The van der Waals surface area contributed by atoms with Gasteiger partial charge < -0.3 is 29.7 Å². The zero-order valence-electron chi connectivity index (χ0n) is 33.1. The molecule has 0 aliphatic carbocycles. The lowest BCUT2D eigenvalue weighted by Gasteiger charge is -2.41. The number of fused-ring (bicyclic) bond motifs is 2. The summed E-state index contributed by atoms with van der Waals surface area (Å²) >= 11 is 12.2. The van der Waals surface area contributed by atoms with Crippen molar-refractivity contribution in [2.45, 2.75) is 69.9 Å². The number of benzene rings is 5. The minimum Gasteiger partial charge on any atom is -0.489 e. The minimum absolute atomic E-state index is 0.0285. The summed E-state index contributed by atoms with van der Waals surface area (Å²) in [5.41, 5.74) is 6.88. The number of halogens is 2. The molecule has 3 atom stereocenters. The molecule has 13 heteroatoms. The summed E-state index contributed by atoms with van der Waals surface area (Å²) in [6, 6.07) is 30.4. The number of aliphatic carboxylic acids is 1. The van der Waals surface area contributed by atoms with Crippen LogP contribution in [-0.4, -0.2) is 63.8 Å². The van der Waals surface area contributed by atoms with Crippen LogP contribution >= 0.6 is 23.2 Å². The van der Waals surface area contributed by atoms with Crippen LogP contribution in [0.5, 0.6) is 11.5 Å². The molecular formula is C48H42Cl2N4O7. The lowest BCUT2D eigenvalue weighted by atomic mass is 9.88. The van der Waals surface area contributed by atoms with Gasteiger partial charge in [0.2, 0.25) is 5.91 Å². The van der Waals surface area contributed by atoms with E-state index >= 15 is 0 Å². The first-order valence-electron chi connectivity index (χ1n) is 20.2. The van der Waals surface area contributed by atoms with Gasteiger partial charge in [-0.15, -0.1) is 0 Å². The molecule has 1 saturated heterocycles. The van der Waals surface area contributed by atoms with E-state index in [1.165, 1.54) is 0 Å². The number of nitrogens with one attached hydrogen (secondary N) is 1. The average Bonchev–Trinajstić information content (AvgIpc) is 3.28. The monoisotopic (exact) mass is 856 g/mol. The summed E-state index contributed by atoms with van der Waals surface area (Å²) in [4.78, 5) is 57.8. The number of hydrogen-bond acceptors (Lipinski definition) is 7. The van der Waals surface area contributed by atoms with Crippen molar-refractivity contribution in [2.24, 2.45) is 0 Å². The standard InChI is InChI=1S/C48H42Cl2N4O7/c49-39-17-8-31(20-40(39)50)28-60-38-15-13-34(14-16-38)45-43(55)24-36-22-35-23-42(54(27-37(35)25-44(36)61-45)48(59)53-18-2-1-3-19-53)46(56)52-41(47(57)58)21-29-4-9-32(10-5-29)33-11-6-30(26-51)7-12-33/h4-17,20,22,25,41-42,45H,1-3,18-19,21,23-24,27-28H2,(H,52,56)(H,57,58)/t41-,42-,45?/m0/s1. The number of hydrogen-bond donors (Lipinski definition) is 2. The van der Waals surface area contributed by atoms with E-state index in [1.54, 1.807) is 58.3 Å². The average molecular weight is 858 g/mol. The van der Waals surface area contributed by atoms with Gasteiger partial charge >= 0.3 is 12.0 Å². The molecule has 0 radical (unpaired) electrons. The van der Waals surface area contributed by atoms with E-state index in [0.717, 1.165) is 47.1 Å². The van der Waals surface area contributed by atoms with Gasteiger partial charge in [0, 0.05) is 50.0 Å². The molecule has 3 aliphatic heterocycles. The summed E-state index contributed by atoms with van der Waals surface area (Å²) in [5.74, 6) is -0.744. The van der Waals surface area contributed by atoms with Crippen LogP contribution < -0.4 is 14.8 Å². The van der Waals surface area contributed by atoms with Gasteiger partial charge in [-0.05, 0) is 95.1 Å². The number of likely N-dealkylation sites (tertiary alicyclic amines) is 1. The quantitative estimate of drug-likeness (QED) is 0.142. The van der Waals surface area contributed by atoms with Crippen LogP contribution in [0.25, 0.3) is 11.1 Å². The Bertz CT molecular complexity index is 2520. The van der Waals surface area contributed by atoms with Gasteiger partial charge in [0.25, 0.3) is 0 Å². The summed E-state index contributed by atoms with van der Waals surface area (Å²) in [5, 5.41) is 23.1. The molecule has 8 rings (SSSR count). The number of amides is 3. The van der Waals surface area contributed by atoms with Gasteiger partial charge in [0.1, 0.15) is 30.2 Å². The SMILES string of the molecule is N#Cc1ccc(-c2ccc(C[C@H](NC(=O)[C@@H]3Cc4cc5c(cc4CN3C(=O)N3CCCCC3)OC(c3ccc(OCc4ccc(Cl)c(Cl)c4)cc3)C(=O)C5)C(=O)O)cc2)cc1. The fourth-order valence-corrected chi connectivity index (χ4v) is 8.47. The van der Waals surface area contributed by atoms with Crippen LogP contribution in [0.1, 0.15) is 64.3 Å². The Kier molecular flexibility index (Phi) is 12.3. The third-order valence-corrected chi connectivity index (χ3v) is 12.3. The van der Waals surface area contributed by atoms with Crippen molar-refractivity contribution >= 4 is 46.9 Å². The maximum Gasteiger partial charge on any atom is 0.326 e. The molecule has 5 aromatic carbocycles. The molecule has 11 nitrogen and oxygen atoms in total. The Morgan fingerprint density at radius 3 is 2.20 bits per heavy atom. The van der Waals surface area contributed by atoms with Crippen LogP contribution in [0.2, 0.25) is 10.0 Å². The van der Waals surface area contributed by atoms with Crippen molar-refractivity contribution in [3.05, 3.63) is 152 Å². The molecule has 2 N–H and O–H groups in total. The van der Waals surface area contributed by atoms with Gasteiger partial charge in [-0.25, -0.2) is 9.59 Å². The molecular weight excluding hydrogens is 815 g/mol. The number of ether oxygens (including phenoxy) is 2. The fraction of sp³-hybridized carbons (Fsp3) is 0.271. The Balaban J connectivity index is 0.981. The number of rotatable bonds is 10. The number of Topliss-reactive ketones (excluding diaryl/α,β-unsaturated/α-hetero) is 1. The van der Waals surface area contributed by atoms with Gasteiger partial charge in [-0.1, -0.05) is 83.9 Å². The van der Waals surface area contributed by atoms with Gasteiger partial charge in [-0.2, -0.15) is 5.26 Å². The van der Waals surface area contributed by atoms with E-state index in [4.69, 9.17) is 37.9 Å². The molecule has 3 amide bonds. The normalized spacial score (nSPS) is 17.6. The highest BCUT2D eigenvalue weighted by atomic mass is 35.5. The third-order valence-electron chi connectivity index (χ3n) is 11.5. The predicted molar refractivity (Wildman–Crippen MR) is 229 cm³/mol. The van der Waals surface area contributed by atoms with E-state index in [1.807, 2.05) is 54.6 Å². The lowest BCUT2D eigenvalue weighted by Crippen LogP contribution is -2.58. The van der Waals surface area contributed by atoms with Crippen LogP contribution in [-0.2, 0) is 46.8 Å². The number of piperidine rings is 1.